The fourth-order valence-electron chi connectivity index (χ4n) is 2.86. The Balaban J connectivity index is 1.71. The highest BCUT2D eigenvalue weighted by atomic mass is 79.9. The molecule has 1 aliphatic heterocycles. The summed E-state index contributed by atoms with van der Waals surface area (Å²) < 4.78 is 0.893. The monoisotopic (exact) mass is 415 g/mol. The summed E-state index contributed by atoms with van der Waals surface area (Å²) in [7, 11) is 2.06. The molecule has 1 saturated heterocycles. The molecule has 2 aromatic rings. The number of carbonyl (C=O) groups excluding carboxylic acids is 2. The molecule has 0 spiro atoms. The summed E-state index contributed by atoms with van der Waals surface area (Å²) in [6.45, 7) is 5.18. The average molecular weight is 416 g/mol. The van der Waals surface area contributed by atoms with Gasteiger partial charge in [0.05, 0.1) is 0 Å². The first-order chi connectivity index (χ1) is 12.4. The summed E-state index contributed by atoms with van der Waals surface area (Å²) in [5.41, 5.74) is 2.85. The maximum Gasteiger partial charge on any atom is 0.255 e. The van der Waals surface area contributed by atoms with Gasteiger partial charge in [0.15, 0.2) is 0 Å². The number of aryl methyl sites for hydroxylation is 1. The number of nitrogens with zero attached hydrogens (tertiary/aromatic N) is 2. The lowest BCUT2D eigenvalue weighted by molar-refractivity contribution is 0.0664. The first kappa shape index (κ1) is 18.6. The van der Waals surface area contributed by atoms with Crippen molar-refractivity contribution in [3.05, 3.63) is 63.6 Å². The Labute approximate surface area is 162 Å². The first-order valence-corrected chi connectivity index (χ1v) is 9.39. The van der Waals surface area contributed by atoms with Gasteiger partial charge in [0, 0.05) is 47.5 Å². The largest absolute Gasteiger partial charge is 0.336 e. The number of likely N-dealkylation sites (N-methyl/N-ethyl adjacent to an activating group) is 1. The van der Waals surface area contributed by atoms with Gasteiger partial charge >= 0.3 is 0 Å². The van der Waals surface area contributed by atoms with E-state index in [-0.39, 0.29) is 11.8 Å². The molecule has 0 aliphatic carbocycles. The van der Waals surface area contributed by atoms with Crippen molar-refractivity contribution in [2.75, 3.05) is 38.5 Å². The SMILES string of the molecule is Cc1ccc(C(=O)Nc2cccc(C(=O)N3CCN(C)CC3)c2)cc1Br. The molecule has 1 N–H and O–H groups in total. The Hall–Kier alpha value is -2.18. The molecular formula is C20H22BrN3O2. The molecule has 1 heterocycles. The van der Waals surface area contributed by atoms with Gasteiger partial charge < -0.3 is 15.1 Å². The van der Waals surface area contributed by atoms with Crippen molar-refractivity contribution in [2.45, 2.75) is 6.92 Å². The third kappa shape index (κ3) is 4.31. The summed E-state index contributed by atoms with van der Waals surface area (Å²) in [6, 6.07) is 12.6. The van der Waals surface area contributed by atoms with Crippen LogP contribution in [0.3, 0.4) is 0 Å². The zero-order chi connectivity index (χ0) is 18.7. The van der Waals surface area contributed by atoms with Crippen LogP contribution in [0.5, 0.6) is 0 Å². The third-order valence-electron chi connectivity index (χ3n) is 4.59. The molecule has 0 bridgehead atoms. The summed E-state index contributed by atoms with van der Waals surface area (Å²) in [5.74, 6) is -0.192. The van der Waals surface area contributed by atoms with E-state index in [1.807, 2.05) is 17.9 Å². The normalized spacial score (nSPS) is 15.0. The molecule has 136 valence electrons. The summed E-state index contributed by atoms with van der Waals surface area (Å²) in [5, 5.41) is 2.87. The second kappa shape index (κ2) is 8.01. The van der Waals surface area contributed by atoms with E-state index in [1.54, 1.807) is 36.4 Å². The van der Waals surface area contributed by atoms with Crippen LogP contribution in [0.25, 0.3) is 0 Å². The number of nitrogens with one attached hydrogen (secondary N) is 1. The molecule has 0 unspecified atom stereocenters. The molecule has 0 radical (unpaired) electrons. The summed E-state index contributed by atoms with van der Waals surface area (Å²) in [6.07, 6.45) is 0. The summed E-state index contributed by atoms with van der Waals surface area (Å²) >= 11 is 3.45. The molecule has 0 saturated carbocycles. The van der Waals surface area contributed by atoms with Crippen molar-refractivity contribution in [1.82, 2.24) is 9.80 Å². The van der Waals surface area contributed by atoms with Crippen molar-refractivity contribution in [1.29, 1.82) is 0 Å². The van der Waals surface area contributed by atoms with Crippen LogP contribution in [0.1, 0.15) is 26.3 Å². The Morgan fingerprint density at radius 3 is 2.42 bits per heavy atom. The van der Waals surface area contributed by atoms with Gasteiger partial charge in [-0.3, -0.25) is 9.59 Å². The predicted octanol–water partition coefficient (Wildman–Crippen LogP) is 3.40. The Kier molecular flexibility index (Phi) is 5.74. The molecule has 26 heavy (non-hydrogen) atoms. The lowest BCUT2D eigenvalue weighted by atomic mass is 10.1. The van der Waals surface area contributed by atoms with Crippen molar-refractivity contribution in [3.8, 4) is 0 Å². The molecule has 2 amide bonds. The van der Waals surface area contributed by atoms with Crippen LogP contribution in [0.4, 0.5) is 5.69 Å². The van der Waals surface area contributed by atoms with Crippen LogP contribution in [0, 0.1) is 6.92 Å². The number of hydrogen-bond donors (Lipinski definition) is 1. The zero-order valence-electron chi connectivity index (χ0n) is 15.0. The molecule has 0 aromatic heterocycles. The van der Waals surface area contributed by atoms with Gasteiger partial charge in [-0.05, 0) is 49.9 Å². The van der Waals surface area contributed by atoms with Gasteiger partial charge in [-0.25, -0.2) is 0 Å². The van der Waals surface area contributed by atoms with E-state index in [2.05, 4.69) is 33.2 Å². The van der Waals surface area contributed by atoms with E-state index in [9.17, 15) is 9.59 Å². The zero-order valence-corrected chi connectivity index (χ0v) is 16.5. The highest BCUT2D eigenvalue weighted by molar-refractivity contribution is 9.10. The van der Waals surface area contributed by atoms with Gasteiger partial charge in [-0.1, -0.05) is 28.1 Å². The molecule has 5 nitrogen and oxygen atoms in total. The fraction of sp³-hybridized carbons (Fsp3) is 0.300. The number of carbonyl (C=O) groups is 2. The number of amides is 2. The molecule has 1 aliphatic rings. The third-order valence-corrected chi connectivity index (χ3v) is 5.45. The van der Waals surface area contributed by atoms with Crippen LogP contribution in [-0.4, -0.2) is 54.8 Å². The molecule has 6 heteroatoms. The average Bonchev–Trinajstić information content (AvgIpc) is 2.64. The molecule has 1 fully saturated rings. The van der Waals surface area contributed by atoms with Gasteiger partial charge in [-0.2, -0.15) is 0 Å². The standard InChI is InChI=1S/C20H22BrN3O2/c1-14-6-7-15(13-18(14)21)19(25)22-17-5-3-4-16(12-17)20(26)24-10-8-23(2)9-11-24/h3-7,12-13H,8-11H2,1-2H3,(H,22,25). The summed E-state index contributed by atoms with van der Waals surface area (Å²) in [4.78, 5) is 29.2. The highest BCUT2D eigenvalue weighted by Gasteiger charge is 2.20. The minimum atomic E-state index is -0.199. The Bertz CT molecular complexity index is 830. The van der Waals surface area contributed by atoms with E-state index in [1.165, 1.54) is 0 Å². The number of anilines is 1. The topological polar surface area (TPSA) is 52.7 Å². The minimum absolute atomic E-state index is 0.00674. The van der Waals surface area contributed by atoms with Crippen LogP contribution in [0.2, 0.25) is 0 Å². The van der Waals surface area contributed by atoms with Crippen molar-refractivity contribution >= 4 is 33.4 Å². The van der Waals surface area contributed by atoms with E-state index in [4.69, 9.17) is 0 Å². The van der Waals surface area contributed by atoms with Crippen LogP contribution in [0.15, 0.2) is 46.9 Å². The van der Waals surface area contributed by atoms with Gasteiger partial charge in [0.1, 0.15) is 0 Å². The number of halogens is 1. The quantitative estimate of drug-likeness (QED) is 0.835. The number of rotatable bonds is 3. The number of benzene rings is 2. The fourth-order valence-corrected chi connectivity index (χ4v) is 3.24. The highest BCUT2D eigenvalue weighted by Crippen LogP contribution is 2.19. The van der Waals surface area contributed by atoms with E-state index in [0.29, 0.717) is 16.8 Å². The van der Waals surface area contributed by atoms with Gasteiger partial charge in [-0.15, -0.1) is 0 Å². The van der Waals surface area contributed by atoms with Crippen molar-refractivity contribution < 1.29 is 9.59 Å². The van der Waals surface area contributed by atoms with E-state index < -0.39 is 0 Å². The Morgan fingerprint density at radius 2 is 1.73 bits per heavy atom. The van der Waals surface area contributed by atoms with Crippen molar-refractivity contribution in [3.63, 3.8) is 0 Å². The molecule has 3 rings (SSSR count). The van der Waals surface area contributed by atoms with Gasteiger partial charge in [0.25, 0.3) is 11.8 Å². The van der Waals surface area contributed by atoms with Gasteiger partial charge in [0.2, 0.25) is 0 Å². The maximum absolute atomic E-state index is 12.7. The molecular weight excluding hydrogens is 394 g/mol. The van der Waals surface area contributed by atoms with E-state index >= 15 is 0 Å². The lowest BCUT2D eigenvalue weighted by Crippen LogP contribution is -2.47. The predicted molar refractivity (Wildman–Crippen MR) is 107 cm³/mol. The molecule has 0 atom stereocenters. The second-order valence-corrected chi connectivity index (χ2v) is 7.45. The number of piperazine rings is 1. The van der Waals surface area contributed by atoms with E-state index in [0.717, 1.165) is 36.2 Å². The van der Waals surface area contributed by atoms with Crippen molar-refractivity contribution in [2.24, 2.45) is 0 Å². The Morgan fingerprint density at radius 1 is 1.00 bits per heavy atom. The maximum atomic E-state index is 12.7. The number of hydrogen-bond acceptors (Lipinski definition) is 3. The lowest BCUT2D eigenvalue weighted by Gasteiger charge is -2.32. The minimum Gasteiger partial charge on any atom is -0.336 e. The van der Waals surface area contributed by atoms with Crippen LogP contribution >= 0.6 is 15.9 Å². The first-order valence-electron chi connectivity index (χ1n) is 8.59. The molecule has 2 aromatic carbocycles. The van der Waals surface area contributed by atoms with Crippen LogP contribution < -0.4 is 5.32 Å². The smallest absolute Gasteiger partial charge is 0.255 e. The second-order valence-electron chi connectivity index (χ2n) is 6.59. The van der Waals surface area contributed by atoms with Crippen LogP contribution in [-0.2, 0) is 0 Å².